The third-order valence-corrected chi connectivity index (χ3v) is 5.12. The lowest BCUT2D eigenvalue weighted by molar-refractivity contribution is 0.320. The molecule has 0 amide bonds. The molecule has 0 spiro atoms. The van der Waals surface area contributed by atoms with Gasteiger partial charge in [0, 0.05) is 18.9 Å². The van der Waals surface area contributed by atoms with Crippen LogP contribution in [-0.2, 0) is 16.4 Å². The van der Waals surface area contributed by atoms with E-state index in [-0.39, 0.29) is 29.8 Å². The summed E-state index contributed by atoms with van der Waals surface area (Å²) >= 11 is 0. The van der Waals surface area contributed by atoms with Crippen LogP contribution in [0.1, 0.15) is 18.1 Å². The predicted molar refractivity (Wildman–Crippen MR) is 124 cm³/mol. The quantitative estimate of drug-likeness (QED) is 0.235. The molecule has 0 saturated carbocycles. The average molecular weight is 535 g/mol. The molecule has 6 nitrogen and oxygen atoms in total. The molecule has 29 heavy (non-hydrogen) atoms. The summed E-state index contributed by atoms with van der Waals surface area (Å²) in [6, 6.07) is 11.2. The number of benzene rings is 2. The molecular formula is C20H27FIN3O3S. The molecule has 2 aromatic rings. The maximum absolute atomic E-state index is 13.1. The first-order valence-corrected chi connectivity index (χ1v) is 10.9. The Kier molecular flexibility index (Phi) is 10.4. The van der Waals surface area contributed by atoms with Gasteiger partial charge in [-0.3, -0.25) is 0 Å². The van der Waals surface area contributed by atoms with Crippen molar-refractivity contribution in [3.8, 4) is 5.75 Å². The second kappa shape index (κ2) is 12.0. The lowest BCUT2D eigenvalue weighted by Gasteiger charge is -2.12. The number of hydrogen-bond acceptors (Lipinski definition) is 4. The normalized spacial score (nSPS) is 11.5. The van der Waals surface area contributed by atoms with E-state index in [0.717, 1.165) is 5.56 Å². The summed E-state index contributed by atoms with van der Waals surface area (Å²) in [5.41, 5.74) is 1.62. The topological polar surface area (TPSA) is 79.8 Å². The van der Waals surface area contributed by atoms with Crippen LogP contribution in [0.15, 0.2) is 52.4 Å². The van der Waals surface area contributed by atoms with E-state index in [1.165, 1.54) is 18.4 Å². The van der Waals surface area contributed by atoms with Crippen molar-refractivity contribution in [3.05, 3.63) is 59.4 Å². The Morgan fingerprint density at radius 1 is 1.17 bits per heavy atom. The molecule has 0 aliphatic carbocycles. The van der Waals surface area contributed by atoms with E-state index < -0.39 is 9.84 Å². The Morgan fingerprint density at radius 3 is 2.55 bits per heavy atom. The molecule has 0 fully saturated rings. The number of aryl methyl sites for hydroxylation is 1. The molecule has 2 aromatic carbocycles. The maximum atomic E-state index is 13.1. The standard InChI is InChI=1S/C20H26FN3O3S.HI/c1-4-22-20(23-10-11-27-18-7-5-6-17(21)13-18)24-14-16-8-9-19(15(2)12-16)28(3,25)26;/h5-9,12-13H,4,10-11,14H2,1-3H3,(H2,22,23,24);1H. The molecule has 2 N–H and O–H groups in total. The van der Waals surface area contributed by atoms with Crippen molar-refractivity contribution >= 4 is 39.8 Å². The van der Waals surface area contributed by atoms with Crippen molar-refractivity contribution in [2.24, 2.45) is 4.99 Å². The smallest absolute Gasteiger partial charge is 0.191 e. The van der Waals surface area contributed by atoms with Crippen molar-refractivity contribution in [1.29, 1.82) is 0 Å². The van der Waals surface area contributed by atoms with Crippen LogP contribution in [0.5, 0.6) is 5.75 Å². The van der Waals surface area contributed by atoms with Gasteiger partial charge in [0.2, 0.25) is 0 Å². The fourth-order valence-corrected chi connectivity index (χ4v) is 3.59. The lowest BCUT2D eigenvalue weighted by atomic mass is 10.1. The van der Waals surface area contributed by atoms with Crippen molar-refractivity contribution < 1.29 is 17.5 Å². The highest BCUT2D eigenvalue weighted by molar-refractivity contribution is 14.0. The van der Waals surface area contributed by atoms with E-state index in [9.17, 15) is 12.8 Å². The number of aliphatic imine (C=N–C) groups is 1. The van der Waals surface area contributed by atoms with Gasteiger partial charge in [-0.1, -0.05) is 18.2 Å². The molecule has 160 valence electrons. The van der Waals surface area contributed by atoms with Crippen LogP contribution in [0.25, 0.3) is 0 Å². The fourth-order valence-electron chi connectivity index (χ4n) is 2.63. The Bertz CT molecular complexity index is 936. The number of guanidine groups is 1. The first-order valence-electron chi connectivity index (χ1n) is 8.99. The number of ether oxygens (including phenoxy) is 1. The Hall–Kier alpha value is -1.88. The second-order valence-corrected chi connectivity index (χ2v) is 8.28. The molecule has 0 aliphatic heterocycles. The van der Waals surface area contributed by atoms with Crippen LogP contribution in [0, 0.1) is 12.7 Å². The summed E-state index contributed by atoms with van der Waals surface area (Å²) in [6.07, 6.45) is 1.20. The van der Waals surface area contributed by atoms with Crippen molar-refractivity contribution in [2.45, 2.75) is 25.3 Å². The van der Waals surface area contributed by atoms with Gasteiger partial charge < -0.3 is 15.4 Å². The molecule has 0 heterocycles. The number of sulfone groups is 1. The van der Waals surface area contributed by atoms with E-state index >= 15 is 0 Å². The molecule has 0 atom stereocenters. The van der Waals surface area contributed by atoms with Gasteiger partial charge in [0.05, 0.1) is 18.0 Å². The molecule has 0 unspecified atom stereocenters. The number of nitrogens with one attached hydrogen (secondary N) is 2. The van der Waals surface area contributed by atoms with Crippen LogP contribution in [-0.4, -0.2) is 40.3 Å². The zero-order valence-electron chi connectivity index (χ0n) is 16.7. The molecule has 0 aromatic heterocycles. The fraction of sp³-hybridized carbons (Fsp3) is 0.350. The maximum Gasteiger partial charge on any atom is 0.191 e. The highest BCUT2D eigenvalue weighted by atomic mass is 127. The van der Waals surface area contributed by atoms with E-state index in [2.05, 4.69) is 15.6 Å². The summed E-state index contributed by atoms with van der Waals surface area (Å²) in [6.45, 7) is 5.69. The summed E-state index contributed by atoms with van der Waals surface area (Å²) in [4.78, 5) is 4.84. The molecular weight excluding hydrogens is 508 g/mol. The zero-order valence-corrected chi connectivity index (χ0v) is 19.9. The number of halogens is 2. The van der Waals surface area contributed by atoms with Gasteiger partial charge in [0.1, 0.15) is 18.2 Å². The first kappa shape index (κ1) is 25.2. The summed E-state index contributed by atoms with van der Waals surface area (Å²) < 4.78 is 42.0. The minimum absolute atomic E-state index is 0. The summed E-state index contributed by atoms with van der Waals surface area (Å²) in [5.74, 6) is 0.762. The van der Waals surface area contributed by atoms with Gasteiger partial charge in [0.15, 0.2) is 15.8 Å². The van der Waals surface area contributed by atoms with Gasteiger partial charge in [-0.15, -0.1) is 24.0 Å². The Labute approximate surface area is 188 Å². The van der Waals surface area contributed by atoms with Crippen molar-refractivity contribution in [2.75, 3.05) is 26.0 Å². The highest BCUT2D eigenvalue weighted by Crippen LogP contribution is 2.17. The first-order chi connectivity index (χ1) is 13.3. The van der Waals surface area contributed by atoms with Crippen LogP contribution in [0.4, 0.5) is 4.39 Å². The SMILES string of the molecule is CCNC(=NCc1ccc(S(C)(=O)=O)c(C)c1)NCCOc1cccc(F)c1.I. The van der Waals surface area contributed by atoms with E-state index in [0.29, 0.717) is 48.4 Å². The molecule has 9 heteroatoms. The molecule has 0 bridgehead atoms. The van der Waals surface area contributed by atoms with Gasteiger partial charge >= 0.3 is 0 Å². The third-order valence-electron chi connectivity index (χ3n) is 3.86. The minimum Gasteiger partial charge on any atom is -0.492 e. The second-order valence-electron chi connectivity index (χ2n) is 6.30. The van der Waals surface area contributed by atoms with Gasteiger partial charge in [0.25, 0.3) is 0 Å². The van der Waals surface area contributed by atoms with Crippen LogP contribution in [0.3, 0.4) is 0 Å². The van der Waals surface area contributed by atoms with Gasteiger partial charge in [-0.05, 0) is 43.2 Å². The minimum atomic E-state index is -3.23. The van der Waals surface area contributed by atoms with Crippen LogP contribution in [0.2, 0.25) is 0 Å². The van der Waals surface area contributed by atoms with E-state index in [4.69, 9.17) is 4.74 Å². The molecule has 2 rings (SSSR count). The average Bonchev–Trinajstić information content (AvgIpc) is 2.62. The molecule has 0 radical (unpaired) electrons. The largest absolute Gasteiger partial charge is 0.492 e. The Balaban J connectivity index is 0.00000420. The predicted octanol–water partition coefficient (Wildman–Crippen LogP) is 3.29. The summed E-state index contributed by atoms with van der Waals surface area (Å²) in [5, 5.41) is 6.29. The molecule has 0 saturated heterocycles. The number of hydrogen-bond donors (Lipinski definition) is 2. The van der Waals surface area contributed by atoms with E-state index in [1.807, 2.05) is 13.0 Å². The third kappa shape index (κ3) is 8.57. The number of rotatable bonds is 8. The van der Waals surface area contributed by atoms with Gasteiger partial charge in [-0.25, -0.2) is 17.8 Å². The van der Waals surface area contributed by atoms with Crippen molar-refractivity contribution in [3.63, 3.8) is 0 Å². The highest BCUT2D eigenvalue weighted by Gasteiger charge is 2.10. The monoisotopic (exact) mass is 535 g/mol. The Morgan fingerprint density at radius 2 is 1.93 bits per heavy atom. The van der Waals surface area contributed by atoms with Crippen LogP contribution >= 0.6 is 24.0 Å². The summed E-state index contributed by atoms with van der Waals surface area (Å²) in [7, 11) is -3.23. The molecule has 0 aliphatic rings. The lowest BCUT2D eigenvalue weighted by Crippen LogP contribution is -2.39. The van der Waals surface area contributed by atoms with E-state index in [1.54, 1.807) is 31.2 Å². The van der Waals surface area contributed by atoms with Gasteiger partial charge in [-0.2, -0.15) is 0 Å². The van der Waals surface area contributed by atoms with Crippen molar-refractivity contribution in [1.82, 2.24) is 10.6 Å². The zero-order chi connectivity index (χ0) is 20.6. The van der Waals surface area contributed by atoms with Crippen LogP contribution < -0.4 is 15.4 Å². The number of nitrogens with zero attached hydrogens (tertiary/aromatic N) is 1.